The highest BCUT2D eigenvalue weighted by Crippen LogP contribution is 2.22. The topological polar surface area (TPSA) is 106 Å². The maximum atomic E-state index is 11.1. The van der Waals surface area contributed by atoms with Crippen molar-refractivity contribution in [3.05, 3.63) is 27.9 Å². The SMILES string of the molecule is COCCN(C)c1cnc([N+](=O)[O-])cc1C(=O)O. The third-order valence-electron chi connectivity index (χ3n) is 2.33. The summed E-state index contributed by atoms with van der Waals surface area (Å²) in [6.45, 7) is 0.864. The van der Waals surface area contributed by atoms with Gasteiger partial charge in [-0.1, -0.05) is 0 Å². The molecule has 18 heavy (non-hydrogen) atoms. The van der Waals surface area contributed by atoms with Gasteiger partial charge >= 0.3 is 11.8 Å². The molecule has 8 heteroatoms. The third kappa shape index (κ3) is 3.14. The number of rotatable bonds is 6. The molecule has 0 radical (unpaired) electrons. The molecule has 1 aromatic rings. The summed E-state index contributed by atoms with van der Waals surface area (Å²) in [5.74, 6) is -1.73. The average Bonchev–Trinajstić information content (AvgIpc) is 2.34. The number of hydrogen-bond acceptors (Lipinski definition) is 6. The summed E-state index contributed by atoms with van der Waals surface area (Å²) in [5.41, 5.74) is 0.153. The van der Waals surface area contributed by atoms with Gasteiger partial charge in [0.2, 0.25) is 0 Å². The minimum Gasteiger partial charge on any atom is -0.478 e. The van der Waals surface area contributed by atoms with Gasteiger partial charge in [0.1, 0.15) is 0 Å². The van der Waals surface area contributed by atoms with Crippen LogP contribution in [0.15, 0.2) is 12.3 Å². The normalized spacial score (nSPS) is 10.1. The van der Waals surface area contributed by atoms with E-state index in [-0.39, 0.29) is 5.56 Å². The van der Waals surface area contributed by atoms with Gasteiger partial charge in [0.15, 0.2) is 6.20 Å². The quantitative estimate of drug-likeness (QED) is 0.591. The highest BCUT2D eigenvalue weighted by Gasteiger charge is 2.20. The van der Waals surface area contributed by atoms with E-state index < -0.39 is 16.7 Å². The van der Waals surface area contributed by atoms with Crippen LogP contribution in [0, 0.1) is 10.1 Å². The van der Waals surface area contributed by atoms with E-state index >= 15 is 0 Å². The standard InChI is InChI=1S/C10H13N3O5/c1-12(3-4-18-2)8-6-11-9(13(16)17)5-7(8)10(14)15/h5-6H,3-4H2,1-2H3,(H,14,15). The third-order valence-corrected chi connectivity index (χ3v) is 2.33. The van der Waals surface area contributed by atoms with Crippen LogP contribution in [0.5, 0.6) is 0 Å². The minimum atomic E-state index is -1.24. The lowest BCUT2D eigenvalue weighted by atomic mass is 10.2. The number of nitro groups is 1. The number of carbonyl (C=O) groups is 1. The van der Waals surface area contributed by atoms with Crippen molar-refractivity contribution in [1.29, 1.82) is 0 Å². The van der Waals surface area contributed by atoms with Gasteiger partial charge in [-0.15, -0.1) is 0 Å². The zero-order valence-corrected chi connectivity index (χ0v) is 9.99. The van der Waals surface area contributed by atoms with Crippen LogP contribution < -0.4 is 4.90 Å². The Kier molecular flexibility index (Phi) is 4.55. The Morgan fingerprint density at radius 2 is 2.33 bits per heavy atom. The zero-order chi connectivity index (χ0) is 13.7. The molecule has 0 fully saturated rings. The van der Waals surface area contributed by atoms with Gasteiger partial charge in [0.25, 0.3) is 0 Å². The zero-order valence-electron chi connectivity index (χ0n) is 9.99. The number of ether oxygens (including phenoxy) is 1. The average molecular weight is 255 g/mol. The maximum absolute atomic E-state index is 11.1. The van der Waals surface area contributed by atoms with Gasteiger partial charge in [-0.25, -0.2) is 4.79 Å². The molecule has 1 heterocycles. The number of nitrogens with zero attached hydrogens (tertiary/aromatic N) is 3. The Morgan fingerprint density at radius 1 is 1.67 bits per heavy atom. The Labute approximate surface area is 103 Å². The first-order valence-corrected chi connectivity index (χ1v) is 5.05. The van der Waals surface area contributed by atoms with Crippen LogP contribution in [0.3, 0.4) is 0 Å². The van der Waals surface area contributed by atoms with Crippen LogP contribution >= 0.6 is 0 Å². The molecular formula is C10H13N3O5. The Morgan fingerprint density at radius 3 is 2.83 bits per heavy atom. The van der Waals surface area contributed by atoms with Crippen molar-refractivity contribution < 1.29 is 19.6 Å². The summed E-state index contributed by atoms with van der Waals surface area (Å²) in [4.78, 5) is 26.1. The van der Waals surface area contributed by atoms with Gasteiger partial charge in [0, 0.05) is 20.7 Å². The van der Waals surface area contributed by atoms with Crippen LogP contribution in [-0.2, 0) is 4.74 Å². The Bertz CT molecular complexity index is 463. The van der Waals surface area contributed by atoms with E-state index in [1.54, 1.807) is 11.9 Å². The van der Waals surface area contributed by atoms with Crippen molar-refractivity contribution >= 4 is 17.5 Å². The summed E-state index contributed by atoms with van der Waals surface area (Å²) in [7, 11) is 3.19. The van der Waals surface area contributed by atoms with Crippen LogP contribution in [0.25, 0.3) is 0 Å². The Balaban J connectivity index is 3.11. The van der Waals surface area contributed by atoms with E-state index in [4.69, 9.17) is 9.84 Å². The van der Waals surface area contributed by atoms with E-state index in [0.29, 0.717) is 18.8 Å². The van der Waals surface area contributed by atoms with Crippen LogP contribution in [0.2, 0.25) is 0 Å². The molecule has 0 aromatic carbocycles. The fourth-order valence-electron chi connectivity index (χ4n) is 1.36. The molecule has 0 unspecified atom stereocenters. The smallest absolute Gasteiger partial charge is 0.364 e. The van der Waals surface area contributed by atoms with Crippen molar-refractivity contribution in [1.82, 2.24) is 4.98 Å². The van der Waals surface area contributed by atoms with Crippen molar-refractivity contribution in [2.45, 2.75) is 0 Å². The molecule has 0 atom stereocenters. The van der Waals surface area contributed by atoms with Gasteiger partial charge < -0.3 is 24.9 Å². The number of aromatic carboxylic acids is 1. The second-order valence-electron chi connectivity index (χ2n) is 3.54. The number of likely N-dealkylation sites (N-methyl/N-ethyl adjacent to an activating group) is 1. The molecule has 1 rings (SSSR count). The van der Waals surface area contributed by atoms with E-state index in [1.165, 1.54) is 13.3 Å². The second-order valence-corrected chi connectivity index (χ2v) is 3.54. The van der Waals surface area contributed by atoms with E-state index in [2.05, 4.69) is 4.98 Å². The van der Waals surface area contributed by atoms with Gasteiger partial charge in [-0.2, -0.15) is 0 Å². The molecule has 0 spiro atoms. The molecular weight excluding hydrogens is 242 g/mol. The molecule has 0 aliphatic carbocycles. The predicted octanol–water partition coefficient (Wildman–Crippen LogP) is 0.771. The Hall–Kier alpha value is -2.22. The number of aromatic nitrogens is 1. The maximum Gasteiger partial charge on any atom is 0.364 e. The van der Waals surface area contributed by atoms with Crippen LogP contribution in [0.4, 0.5) is 11.5 Å². The van der Waals surface area contributed by atoms with Gasteiger partial charge in [-0.05, 0) is 9.91 Å². The molecule has 1 aromatic heterocycles. The lowest BCUT2D eigenvalue weighted by Crippen LogP contribution is -2.24. The molecule has 0 aliphatic heterocycles. The van der Waals surface area contributed by atoms with Crippen molar-refractivity contribution in [3.8, 4) is 0 Å². The molecule has 8 nitrogen and oxygen atoms in total. The number of hydrogen-bond donors (Lipinski definition) is 1. The molecule has 0 amide bonds. The molecule has 0 aliphatic rings. The van der Waals surface area contributed by atoms with Crippen molar-refractivity contribution in [2.24, 2.45) is 0 Å². The predicted molar refractivity (Wildman–Crippen MR) is 63.0 cm³/mol. The highest BCUT2D eigenvalue weighted by molar-refractivity contribution is 5.94. The summed E-state index contributed by atoms with van der Waals surface area (Å²) >= 11 is 0. The number of carboxylic acids is 1. The van der Waals surface area contributed by atoms with Gasteiger partial charge in [-0.3, -0.25) is 0 Å². The first-order valence-electron chi connectivity index (χ1n) is 5.05. The van der Waals surface area contributed by atoms with E-state index in [1.807, 2.05) is 0 Å². The number of pyridine rings is 1. The summed E-state index contributed by atoms with van der Waals surface area (Å²) < 4.78 is 4.88. The fourth-order valence-corrected chi connectivity index (χ4v) is 1.36. The highest BCUT2D eigenvalue weighted by atomic mass is 16.6. The van der Waals surface area contributed by atoms with Crippen molar-refractivity contribution in [2.75, 3.05) is 32.2 Å². The van der Waals surface area contributed by atoms with Crippen molar-refractivity contribution in [3.63, 3.8) is 0 Å². The molecule has 98 valence electrons. The lowest BCUT2D eigenvalue weighted by molar-refractivity contribution is -0.389. The summed E-state index contributed by atoms with van der Waals surface area (Å²) in [5, 5.41) is 19.6. The molecule has 0 saturated heterocycles. The largest absolute Gasteiger partial charge is 0.478 e. The molecule has 1 N–H and O–H groups in total. The van der Waals surface area contributed by atoms with Crippen LogP contribution in [0.1, 0.15) is 10.4 Å². The minimum absolute atomic E-state index is 0.157. The van der Waals surface area contributed by atoms with E-state index in [0.717, 1.165) is 6.07 Å². The summed E-state index contributed by atoms with van der Waals surface area (Å²) in [6.07, 6.45) is 1.18. The number of methoxy groups -OCH3 is 1. The second kappa shape index (κ2) is 5.92. The van der Waals surface area contributed by atoms with E-state index in [9.17, 15) is 14.9 Å². The summed E-state index contributed by atoms with van der Waals surface area (Å²) in [6, 6.07) is 0.945. The first kappa shape index (κ1) is 13.8. The van der Waals surface area contributed by atoms with Gasteiger partial charge in [0.05, 0.1) is 23.9 Å². The first-order chi connectivity index (χ1) is 8.47. The lowest BCUT2D eigenvalue weighted by Gasteiger charge is -2.18. The monoisotopic (exact) mass is 255 g/mol. The molecule has 0 bridgehead atoms. The van der Waals surface area contributed by atoms with Crippen LogP contribution in [-0.4, -0.2) is 48.3 Å². The fraction of sp³-hybridized carbons (Fsp3) is 0.400. The number of carboxylic acid groups (broad SMARTS) is 1. The number of anilines is 1. The molecule has 0 saturated carbocycles.